The molecule has 1 amide bonds. The van der Waals surface area contributed by atoms with Gasteiger partial charge in [-0.3, -0.25) is 9.59 Å². The Morgan fingerprint density at radius 2 is 1.74 bits per heavy atom. The van der Waals surface area contributed by atoms with Crippen molar-refractivity contribution in [2.45, 2.75) is 6.92 Å². The van der Waals surface area contributed by atoms with Crippen LogP contribution in [-0.2, 0) is 0 Å². The predicted octanol–water partition coefficient (Wildman–Crippen LogP) is 5.13. The van der Waals surface area contributed by atoms with Crippen molar-refractivity contribution in [3.05, 3.63) is 62.6 Å². The van der Waals surface area contributed by atoms with Crippen LogP contribution in [0, 0.1) is 5.92 Å². The van der Waals surface area contributed by atoms with E-state index in [2.05, 4.69) is 0 Å². The predicted molar refractivity (Wildman–Crippen MR) is 93.1 cm³/mol. The van der Waals surface area contributed by atoms with Crippen LogP contribution in [0.4, 0.5) is 5.69 Å². The summed E-state index contributed by atoms with van der Waals surface area (Å²) in [6.07, 6.45) is 0. The Kier molecular flexibility index (Phi) is 4.37. The van der Waals surface area contributed by atoms with Crippen molar-refractivity contribution in [3.63, 3.8) is 0 Å². The molecule has 1 unspecified atom stereocenters. The first-order valence-corrected chi connectivity index (χ1v) is 8.12. The van der Waals surface area contributed by atoms with Crippen molar-refractivity contribution in [1.29, 1.82) is 0 Å². The molecule has 1 atom stereocenters. The highest BCUT2D eigenvalue weighted by Gasteiger charge is 2.33. The van der Waals surface area contributed by atoms with Gasteiger partial charge in [0.1, 0.15) is 0 Å². The van der Waals surface area contributed by atoms with E-state index in [1.54, 1.807) is 42.2 Å². The van der Waals surface area contributed by atoms with Gasteiger partial charge in [-0.2, -0.15) is 0 Å². The van der Waals surface area contributed by atoms with Crippen LogP contribution in [0.1, 0.15) is 27.6 Å². The SMILES string of the molecule is CC1CN(C(=O)c2ccc(Cl)cc2Cl)c2ccc(Cl)cc2C1=O. The standard InChI is InChI=1S/C17H12Cl3NO2/c1-9-8-21(15-5-3-10(18)6-13(15)16(9)22)17(23)12-4-2-11(19)7-14(12)20/h2-7,9H,8H2,1H3. The smallest absolute Gasteiger partial charge is 0.259 e. The maximum atomic E-state index is 12.9. The number of anilines is 1. The zero-order chi connectivity index (χ0) is 16.7. The van der Waals surface area contributed by atoms with Gasteiger partial charge in [0.2, 0.25) is 0 Å². The van der Waals surface area contributed by atoms with Gasteiger partial charge in [0.15, 0.2) is 5.78 Å². The summed E-state index contributed by atoms with van der Waals surface area (Å²) in [7, 11) is 0. The summed E-state index contributed by atoms with van der Waals surface area (Å²) in [5, 5.41) is 1.20. The fourth-order valence-electron chi connectivity index (χ4n) is 2.66. The van der Waals surface area contributed by atoms with Crippen LogP contribution in [0.15, 0.2) is 36.4 Å². The van der Waals surface area contributed by atoms with Crippen LogP contribution in [0.3, 0.4) is 0 Å². The molecule has 118 valence electrons. The van der Waals surface area contributed by atoms with Crippen molar-refractivity contribution >= 4 is 52.2 Å². The zero-order valence-corrected chi connectivity index (χ0v) is 14.4. The van der Waals surface area contributed by atoms with Crippen molar-refractivity contribution in [3.8, 4) is 0 Å². The number of carbonyl (C=O) groups excluding carboxylic acids is 2. The minimum absolute atomic E-state index is 0.0197. The highest BCUT2D eigenvalue weighted by atomic mass is 35.5. The van der Waals surface area contributed by atoms with Crippen LogP contribution in [-0.4, -0.2) is 18.2 Å². The number of nitrogens with zero attached hydrogens (tertiary/aromatic N) is 1. The lowest BCUT2D eigenvalue weighted by atomic mass is 9.92. The normalized spacial score (nSPS) is 17.1. The van der Waals surface area contributed by atoms with Crippen LogP contribution in [0.2, 0.25) is 15.1 Å². The highest BCUT2D eigenvalue weighted by Crippen LogP contribution is 2.34. The molecule has 0 bridgehead atoms. The lowest BCUT2D eigenvalue weighted by Crippen LogP contribution is -2.42. The van der Waals surface area contributed by atoms with Gasteiger partial charge in [0.25, 0.3) is 5.91 Å². The molecule has 3 nitrogen and oxygen atoms in total. The molecule has 6 heteroatoms. The van der Waals surface area contributed by atoms with Gasteiger partial charge in [0.05, 0.1) is 16.3 Å². The number of Topliss-reactive ketones (excluding diaryl/α,β-unsaturated/α-hetero) is 1. The van der Waals surface area contributed by atoms with E-state index in [4.69, 9.17) is 34.8 Å². The van der Waals surface area contributed by atoms with Gasteiger partial charge in [-0.15, -0.1) is 0 Å². The first-order chi connectivity index (χ1) is 10.9. The van der Waals surface area contributed by atoms with E-state index in [-0.39, 0.29) is 22.6 Å². The first-order valence-electron chi connectivity index (χ1n) is 6.99. The molecule has 23 heavy (non-hydrogen) atoms. The van der Waals surface area contributed by atoms with E-state index in [1.165, 1.54) is 6.07 Å². The lowest BCUT2D eigenvalue weighted by Gasteiger charge is -2.32. The van der Waals surface area contributed by atoms with Gasteiger partial charge < -0.3 is 4.90 Å². The molecule has 0 fully saturated rings. The van der Waals surface area contributed by atoms with Gasteiger partial charge in [0, 0.05) is 28.1 Å². The average Bonchev–Trinajstić information content (AvgIpc) is 2.50. The van der Waals surface area contributed by atoms with Crippen LogP contribution in [0.5, 0.6) is 0 Å². The maximum absolute atomic E-state index is 12.9. The average molecular weight is 369 g/mol. The van der Waals surface area contributed by atoms with Crippen molar-refractivity contribution in [2.75, 3.05) is 11.4 Å². The molecule has 0 saturated carbocycles. The van der Waals surface area contributed by atoms with Gasteiger partial charge in [-0.05, 0) is 36.4 Å². The molecule has 2 aromatic carbocycles. The van der Waals surface area contributed by atoms with Crippen molar-refractivity contribution < 1.29 is 9.59 Å². The largest absolute Gasteiger partial charge is 0.307 e. The Labute approximate surface area is 148 Å². The number of benzene rings is 2. The summed E-state index contributed by atoms with van der Waals surface area (Å²) in [5.41, 5.74) is 1.35. The number of rotatable bonds is 1. The summed E-state index contributed by atoms with van der Waals surface area (Å²) in [4.78, 5) is 26.8. The van der Waals surface area contributed by atoms with E-state index in [0.717, 1.165) is 0 Å². The first kappa shape index (κ1) is 16.3. The van der Waals surface area contributed by atoms with Gasteiger partial charge >= 0.3 is 0 Å². The molecular weight excluding hydrogens is 357 g/mol. The van der Waals surface area contributed by atoms with Gasteiger partial charge in [-0.1, -0.05) is 41.7 Å². The second-order valence-corrected chi connectivity index (χ2v) is 6.75. The molecule has 1 heterocycles. The number of carbonyl (C=O) groups is 2. The second-order valence-electron chi connectivity index (χ2n) is 5.47. The molecule has 1 aliphatic rings. The molecule has 0 spiro atoms. The van der Waals surface area contributed by atoms with E-state index >= 15 is 0 Å². The Balaban J connectivity index is 2.08. The van der Waals surface area contributed by atoms with Crippen LogP contribution in [0.25, 0.3) is 0 Å². The topological polar surface area (TPSA) is 37.4 Å². The molecule has 0 radical (unpaired) electrons. The Morgan fingerprint density at radius 3 is 2.43 bits per heavy atom. The van der Waals surface area contributed by atoms with Crippen molar-refractivity contribution in [2.24, 2.45) is 5.92 Å². The lowest BCUT2D eigenvalue weighted by molar-refractivity contribution is 0.0908. The highest BCUT2D eigenvalue weighted by molar-refractivity contribution is 6.37. The number of fused-ring (bicyclic) bond motifs is 1. The second kappa shape index (κ2) is 6.16. The molecule has 2 aromatic rings. The molecule has 0 aliphatic carbocycles. The Morgan fingerprint density at radius 1 is 1.09 bits per heavy atom. The van der Waals surface area contributed by atoms with Crippen LogP contribution < -0.4 is 4.90 Å². The minimum atomic E-state index is -0.309. The number of hydrogen-bond acceptors (Lipinski definition) is 2. The molecule has 3 rings (SSSR count). The van der Waals surface area contributed by atoms with E-state index in [1.807, 2.05) is 0 Å². The minimum Gasteiger partial charge on any atom is -0.307 e. The van der Waals surface area contributed by atoms with E-state index in [9.17, 15) is 9.59 Å². The van der Waals surface area contributed by atoms with Gasteiger partial charge in [-0.25, -0.2) is 0 Å². The third-order valence-corrected chi connectivity index (χ3v) is 4.61. The third-order valence-electron chi connectivity index (χ3n) is 3.83. The van der Waals surface area contributed by atoms with E-state index in [0.29, 0.717) is 33.4 Å². The summed E-state index contributed by atoms with van der Waals surface area (Å²) in [6.45, 7) is 2.08. The number of amides is 1. The Hall–Kier alpha value is -1.55. The Bertz CT molecular complexity index is 819. The van der Waals surface area contributed by atoms with Crippen LogP contribution >= 0.6 is 34.8 Å². The summed E-state index contributed by atoms with van der Waals surface area (Å²) >= 11 is 18.0. The zero-order valence-electron chi connectivity index (χ0n) is 12.1. The molecule has 1 aliphatic heterocycles. The summed E-state index contributed by atoms with van der Waals surface area (Å²) in [6, 6.07) is 9.67. The molecular formula is C17H12Cl3NO2. The fourth-order valence-corrected chi connectivity index (χ4v) is 3.32. The molecule has 0 aromatic heterocycles. The molecule has 0 saturated heterocycles. The fraction of sp³-hybridized carbons (Fsp3) is 0.176. The summed E-state index contributed by atoms with van der Waals surface area (Å²) < 4.78 is 0. The maximum Gasteiger partial charge on any atom is 0.259 e. The quantitative estimate of drug-likeness (QED) is 0.700. The number of ketones is 1. The number of hydrogen-bond donors (Lipinski definition) is 0. The number of halogens is 3. The van der Waals surface area contributed by atoms with Crippen molar-refractivity contribution in [1.82, 2.24) is 0 Å². The third kappa shape index (κ3) is 2.97. The van der Waals surface area contributed by atoms with E-state index < -0.39 is 0 Å². The monoisotopic (exact) mass is 367 g/mol. The molecule has 0 N–H and O–H groups in total. The summed E-state index contributed by atoms with van der Waals surface area (Å²) in [5.74, 6) is -0.598.